The van der Waals surface area contributed by atoms with Gasteiger partial charge in [-0.3, -0.25) is 0 Å². The Labute approximate surface area is 71.7 Å². The van der Waals surface area contributed by atoms with Crippen LogP contribution in [0.3, 0.4) is 0 Å². The van der Waals surface area contributed by atoms with Gasteiger partial charge in [-0.25, -0.2) is 4.79 Å². The van der Waals surface area contributed by atoms with Crippen LogP contribution >= 0.6 is 0 Å². The van der Waals surface area contributed by atoms with E-state index in [-0.39, 0.29) is 12.1 Å². The first-order valence-corrected chi connectivity index (χ1v) is 4.01. The van der Waals surface area contributed by atoms with Gasteiger partial charge >= 0.3 is 6.09 Å². The van der Waals surface area contributed by atoms with Gasteiger partial charge in [0.1, 0.15) is 0 Å². The van der Waals surface area contributed by atoms with Crippen LogP contribution in [0.5, 0.6) is 0 Å². The van der Waals surface area contributed by atoms with Crippen LogP contribution in [-0.4, -0.2) is 30.7 Å². The summed E-state index contributed by atoms with van der Waals surface area (Å²) < 4.78 is 4.59. The average Bonchev–Trinajstić information content (AvgIpc) is 2.52. The molecule has 1 aliphatic rings. The highest BCUT2D eigenvalue weighted by Crippen LogP contribution is 2.19. The highest BCUT2D eigenvalue weighted by atomic mass is 16.5. The van der Waals surface area contributed by atoms with Crippen molar-refractivity contribution in [3.05, 3.63) is 0 Å². The Morgan fingerprint density at radius 2 is 2.58 bits per heavy atom. The molecule has 1 fully saturated rings. The molecule has 1 unspecified atom stereocenters. The quantitative estimate of drug-likeness (QED) is 0.589. The summed E-state index contributed by atoms with van der Waals surface area (Å²) in [6.07, 6.45) is 1.99. The van der Waals surface area contributed by atoms with Gasteiger partial charge in [0.2, 0.25) is 0 Å². The Morgan fingerprint density at radius 1 is 1.83 bits per heavy atom. The number of carbonyl (C=O) groups is 1. The molecule has 0 bridgehead atoms. The van der Waals surface area contributed by atoms with Crippen molar-refractivity contribution >= 4 is 6.09 Å². The lowest BCUT2D eigenvalue weighted by molar-refractivity contribution is 0.119. The third-order valence-corrected chi connectivity index (χ3v) is 2.11. The van der Waals surface area contributed by atoms with E-state index in [9.17, 15) is 4.79 Å². The molecule has 1 amide bonds. The van der Waals surface area contributed by atoms with Gasteiger partial charge < -0.3 is 9.64 Å². The van der Waals surface area contributed by atoms with Crippen molar-refractivity contribution in [1.29, 1.82) is 5.26 Å². The fraction of sp³-hybridized carbons (Fsp3) is 0.750. The summed E-state index contributed by atoms with van der Waals surface area (Å²) in [5.41, 5.74) is 0. The molecule has 0 spiro atoms. The third-order valence-electron chi connectivity index (χ3n) is 2.11. The average molecular weight is 168 g/mol. The molecule has 1 saturated heterocycles. The zero-order valence-corrected chi connectivity index (χ0v) is 7.12. The monoisotopic (exact) mass is 168 g/mol. The van der Waals surface area contributed by atoms with Gasteiger partial charge in [0, 0.05) is 12.6 Å². The van der Waals surface area contributed by atoms with Crippen LogP contribution < -0.4 is 0 Å². The van der Waals surface area contributed by atoms with Crippen molar-refractivity contribution in [3.63, 3.8) is 0 Å². The van der Waals surface area contributed by atoms with Gasteiger partial charge in [-0.15, -0.1) is 0 Å². The Bertz CT molecular complexity index is 210. The highest BCUT2D eigenvalue weighted by Gasteiger charge is 2.28. The first-order chi connectivity index (χ1) is 5.79. The van der Waals surface area contributed by atoms with Crippen molar-refractivity contribution in [3.8, 4) is 6.07 Å². The molecule has 0 N–H and O–H groups in total. The van der Waals surface area contributed by atoms with Gasteiger partial charge in [0.05, 0.1) is 19.6 Å². The predicted molar refractivity (Wildman–Crippen MR) is 42.4 cm³/mol. The van der Waals surface area contributed by atoms with E-state index in [4.69, 9.17) is 5.26 Å². The first-order valence-electron chi connectivity index (χ1n) is 4.01. The minimum absolute atomic E-state index is 0.0717. The lowest BCUT2D eigenvalue weighted by atomic mass is 10.2. The molecule has 4 heteroatoms. The molecule has 66 valence electrons. The van der Waals surface area contributed by atoms with E-state index >= 15 is 0 Å². The van der Waals surface area contributed by atoms with Crippen LogP contribution in [0, 0.1) is 11.3 Å². The Kier molecular flexibility index (Phi) is 2.92. The fourth-order valence-electron chi connectivity index (χ4n) is 1.51. The van der Waals surface area contributed by atoms with Crippen LogP contribution in [0.25, 0.3) is 0 Å². The minimum Gasteiger partial charge on any atom is -0.453 e. The predicted octanol–water partition coefficient (Wildman–Crippen LogP) is 1.13. The number of hydrogen-bond donors (Lipinski definition) is 0. The maximum atomic E-state index is 11.1. The Hall–Kier alpha value is -1.24. The molecule has 0 aromatic heterocycles. The van der Waals surface area contributed by atoms with Crippen molar-refractivity contribution < 1.29 is 9.53 Å². The molecule has 0 aliphatic carbocycles. The van der Waals surface area contributed by atoms with Crippen molar-refractivity contribution in [2.45, 2.75) is 25.3 Å². The Morgan fingerprint density at radius 3 is 3.17 bits per heavy atom. The number of methoxy groups -OCH3 is 1. The molecule has 1 rings (SSSR count). The maximum absolute atomic E-state index is 11.1. The SMILES string of the molecule is COC(=O)N1CCCC1CC#N. The second kappa shape index (κ2) is 3.96. The molecule has 0 aromatic rings. The smallest absolute Gasteiger partial charge is 0.409 e. The number of carbonyl (C=O) groups excluding carboxylic acids is 1. The Balaban J connectivity index is 2.52. The van der Waals surface area contributed by atoms with Crippen LogP contribution in [0.2, 0.25) is 0 Å². The summed E-state index contributed by atoms with van der Waals surface area (Å²) in [7, 11) is 1.37. The van der Waals surface area contributed by atoms with Crippen LogP contribution in [0.15, 0.2) is 0 Å². The van der Waals surface area contributed by atoms with E-state index in [1.165, 1.54) is 7.11 Å². The molecule has 1 atom stereocenters. The third kappa shape index (κ3) is 1.67. The zero-order valence-electron chi connectivity index (χ0n) is 7.12. The maximum Gasteiger partial charge on any atom is 0.409 e. The molecule has 12 heavy (non-hydrogen) atoms. The number of amides is 1. The van der Waals surface area contributed by atoms with Gasteiger partial charge in [0.25, 0.3) is 0 Å². The van der Waals surface area contributed by atoms with Crippen molar-refractivity contribution in [2.75, 3.05) is 13.7 Å². The van der Waals surface area contributed by atoms with Gasteiger partial charge in [-0.2, -0.15) is 5.26 Å². The van der Waals surface area contributed by atoms with Crippen LogP contribution in [0.1, 0.15) is 19.3 Å². The largest absolute Gasteiger partial charge is 0.453 e. The molecule has 1 aliphatic heterocycles. The molecule has 4 nitrogen and oxygen atoms in total. The summed E-state index contributed by atoms with van der Waals surface area (Å²) in [6.45, 7) is 0.721. The number of ether oxygens (including phenoxy) is 1. The molecular weight excluding hydrogens is 156 g/mol. The standard InChI is InChI=1S/C8H12N2O2/c1-12-8(11)10-6-2-3-7(10)4-5-9/h7H,2-4,6H2,1H3. The van der Waals surface area contributed by atoms with E-state index in [0.29, 0.717) is 6.42 Å². The first kappa shape index (κ1) is 8.85. The lowest BCUT2D eigenvalue weighted by Gasteiger charge is -2.20. The molecule has 0 aromatic carbocycles. The normalized spacial score (nSPS) is 22.0. The van der Waals surface area contributed by atoms with Gasteiger partial charge in [-0.05, 0) is 12.8 Å². The summed E-state index contributed by atoms with van der Waals surface area (Å²) >= 11 is 0. The van der Waals surface area contributed by atoms with E-state index in [1.807, 2.05) is 0 Å². The van der Waals surface area contributed by atoms with Crippen molar-refractivity contribution in [1.82, 2.24) is 4.90 Å². The molecule has 0 radical (unpaired) electrons. The second-order valence-electron chi connectivity index (χ2n) is 2.82. The van der Waals surface area contributed by atoms with E-state index in [0.717, 1.165) is 19.4 Å². The van der Waals surface area contributed by atoms with E-state index in [1.54, 1.807) is 4.90 Å². The van der Waals surface area contributed by atoms with Gasteiger partial charge in [-0.1, -0.05) is 0 Å². The van der Waals surface area contributed by atoms with Crippen molar-refractivity contribution in [2.24, 2.45) is 0 Å². The molecular formula is C8H12N2O2. The lowest BCUT2D eigenvalue weighted by Crippen LogP contribution is -2.35. The number of nitrogens with zero attached hydrogens (tertiary/aromatic N) is 2. The van der Waals surface area contributed by atoms with Gasteiger partial charge in [0.15, 0.2) is 0 Å². The summed E-state index contributed by atoms with van der Waals surface area (Å²) in [5, 5.41) is 8.47. The topological polar surface area (TPSA) is 53.3 Å². The number of nitriles is 1. The molecule has 0 saturated carbocycles. The van der Waals surface area contributed by atoms with Crippen LogP contribution in [-0.2, 0) is 4.74 Å². The second-order valence-corrected chi connectivity index (χ2v) is 2.82. The minimum atomic E-state index is -0.312. The summed E-state index contributed by atoms with van der Waals surface area (Å²) in [4.78, 5) is 12.7. The fourth-order valence-corrected chi connectivity index (χ4v) is 1.51. The summed E-state index contributed by atoms with van der Waals surface area (Å²) in [5.74, 6) is 0. The number of likely N-dealkylation sites (tertiary alicyclic amines) is 1. The molecule has 1 heterocycles. The number of hydrogen-bond acceptors (Lipinski definition) is 3. The summed E-state index contributed by atoms with van der Waals surface area (Å²) in [6, 6.07) is 2.14. The highest BCUT2D eigenvalue weighted by molar-refractivity contribution is 5.68. The van der Waals surface area contributed by atoms with E-state index < -0.39 is 0 Å². The zero-order chi connectivity index (χ0) is 8.97. The number of rotatable bonds is 1. The van der Waals surface area contributed by atoms with Crippen LogP contribution in [0.4, 0.5) is 4.79 Å². The van der Waals surface area contributed by atoms with E-state index in [2.05, 4.69) is 10.8 Å².